The van der Waals surface area contributed by atoms with E-state index in [1.807, 2.05) is 20.8 Å². The molecule has 1 aliphatic heterocycles. The van der Waals surface area contributed by atoms with E-state index in [0.29, 0.717) is 6.54 Å². The molecule has 4 heteroatoms. The third-order valence-corrected chi connectivity index (χ3v) is 5.28. The molecule has 1 amide bonds. The van der Waals surface area contributed by atoms with E-state index < -0.39 is 5.60 Å². The van der Waals surface area contributed by atoms with E-state index in [1.165, 1.54) is 31.3 Å². The predicted molar refractivity (Wildman–Crippen MR) is 87.7 cm³/mol. The lowest BCUT2D eigenvalue weighted by atomic mass is 9.95. The van der Waals surface area contributed by atoms with Crippen LogP contribution in [-0.4, -0.2) is 42.3 Å². The SMILES string of the molecule is CC(C)(C)OC(=O)N1CC=C(CNC2CC3CCC2C3)CC1. The molecule has 22 heavy (non-hydrogen) atoms. The summed E-state index contributed by atoms with van der Waals surface area (Å²) in [6.07, 6.45) is 8.68. The maximum atomic E-state index is 12.0. The molecule has 1 heterocycles. The minimum Gasteiger partial charge on any atom is -0.444 e. The van der Waals surface area contributed by atoms with E-state index >= 15 is 0 Å². The summed E-state index contributed by atoms with van der Waals surface area (Å²) in [5, 5.41) is 3.76. The Bertz CT molecular complexity index is 452. The van der Waals surface area contributed by atoms with Crippen molar-refractivity contribution in [2.75, 3.05) is 19.6 Å². The van der Waals surface area contributed by atoms with Crippen LogP contribution < -0.4 is 5.32 Å². The first-order valence-electron chi connectivity index (χ1n) is 8.80. The summed E-state index contributed by atoms with van der Waals surface area (Å²) in [4.78, 5) is 13.8. The Morgan fingerprint density at radius 1 is 1.36 bits per heavy atom. The van der Waals surface area contributed by atoms with Gasteiger partial charge in [0.25, 0.3) is 0 Å². The minimum absolute atomic E-state index is 0.191. The normalized spacial score (nSPS) is 31.3. The van der Waals surface area contributed by atoms with Crippen LogP contribution in [0.4, 0.5) is 4.79 Å². The van der Waals surface area contributed by atoms with Crippen LogP contribution in [0.5, 0.6) is 0 Å². The molecular weight excluding hydrogens is 276 g/mol. The first-order valence-corrected chi connectivity index (χ1v) is 8.80. The van der Waals surface area contributed by atoms with Gasteiger partial charge in [-0.1, -0.05) is 18.1 Å². The Labute approximate surface area is 134 Å². The molecule has 2 fully saturated rings. The molecule has 3 aliphatic rings. The summed E-state index contributed by atoms with van der Waals surface area (Å²) in [6.45, 7) is 8.19. The number of fused-ring (bicyclic) bond motifs is 2. The molecule has 3 atom stereocenters. The van der Waals surface area contributed by atoms with Gasteiger partial charge in [-0.05, 0) is 58.3 Å². The van der Waals surface area contributed by atoms with Crippen LogP contribution >= 0.6 is 0 Å². The zero-order valence-corrected chi connectivity index (χ0v) is 14.2. The fourth-order valence-electron chi connectivity index (χ4n) is 4.12. The molecule has 0 radical (unpaired) electrons. The molecule has 0 aromatic rings. The Morgan fingerprint density at radius 2 is 2.18 bits per heavy atom. The van der Waals surface area contributed by atoms with Crippen molar-refractivity contribution in [1.29, 1.82) is 0 Å². The number of hydrogen-bond donors (Lipinski definition) is 1. The molecule has 124 valence electrons. The van der Waals surface area contributed by atoms with E-state index in [0.717, 1.165) is 37.4 Å². The molecule has 0 spiro atoms. The van der Waals surface area contributed by atoms with Gasteiger partial charge in [-0.25, -0.2) is 4.79 Å². The summed E-state index contributed by atoms with van der Waals surface area (Å²) in [5.41, 5.74) is 1.03. The number of carbonyl (C=O) groups is 1. The molecule has 4 nitrogen and oxygen atoms in total. The summed E-state index contributed by atoms with van der Waals surface area (Å²) < 4.78 is 5.43. The Kier molecular flexibility index (Phi) is 4.49. The van der Waals surface area contributed by atoms with Crippen molar-refractivity contribution in [2.45, 2.75) is 64.5 Å². The average Bonchev–Trinajstić information content (AvgIpc) is 3.06. The predicted octanol–water partition coefficient (Wildman–Crippen LogP) is 3.33. The maximum absolute atomic E-state index is 12.0. The van der Waals surface area contributed by atoms with E-state index in [-0.39, 0.29) is 6.09 Å². The van der Waals surface area contributed by atoms with Gasteiger partial charge in [0.2, 0.25) is 0 Å². The first kappa shape index (κ1) is 15.9. The Morgan fingerprint density at radius 3 is 2.73 bits per heavy atom. The number of nitrogens with one attached hydrogen (secondary N) is 1. The second kappa shape index (κ2) is 6.23. The van der Waals surface area contributed by atoms with Gasteiger partial charge < -0.3 is 15.0 Å². The van der Waals surface area contributed by atoms with Crippen molar-refractivity contribution in [3.8, 4) is 0 Å². The largest absolute Gasteiger partial charge is 0.444 e. The Hall–Kier alpha value is -1.03. The van der Waals surface area contributed by atoms with E-state index in [9.17, 15) is 4.79 Å². The molecule has 3 rings (SSSR count). The van der Waals surface area contributed by atoms with Crippen LogP contribution in [0.2, 0.25) is 0 Å². The molecule has 0 aromatic heterocycles. The standard InChI is InChI=1S/C18H30N2O2/c1-18(2,3)22-17(21)20-8-6-13(7-9-20)12-19-16-11-14-4-5-15(16)10-14/h6,14-16,19H,4-5,7-12H2,1-3H3. The lowest BCUT2D eigenvalue weighted by molar-refractivity contribution is 0.0265. The van der Waals surface area contributed by atoms with Crippen molar-refractivity contribution in [1.82, 2.24) is 10.2 Å². The van der Waals surface area contributed by atoms with Gasteiger partial charge in [0.1, 0.15) is 5.60 Å². The average molecular weight is 306 g/mol. The molecular formula is C18H30N2O2. The summed E-state index contributed by atoms with van der Waals surface area (Å²) >= 11 is 0. The number of rotatable bonds is 3. The first-order chi connectivity index (χ1) is 10.4. The molecule has 2 saturated carbocycles. The summed E-state index contributed by atoms with van der Waals surface area (Å²) in [5.74, 6) is 1.91. The molecule has 2 bridgehead atoms. The van der Waals surface area contributed by atoms with Gasteiger partial charge in [0.15, 0.2) is 0 Å². The van der Waals surface area contributed by atoms with Gasteiger partial charge in [0, 0.05) is 25.7 Å². The van der Waals surface area contributed by atoms with Crippen molar-refractivity contribution in [3.63, 3.8) is 0 Å². The van der Waals surface area contributed by atoms with Crippen LogP contribution in [0.1, 0.15) is 52.9 Å². The van der Waals surface area contributed by atoms with Gasteiger partial charge >= 0.3 is 6.09 Å². The maximum Gasteiger partial charge on any atom is 0.410 e. The molecule has 1 N–H and O–H groups in total. The number of hydrogen-bond acceptors (Lipinski definition) is 3. The lowest BCUT2D eigenvalue weighted by Gasteiger charge is -2.30. The van der Waals surface area contributed by atoms with E-state index in [1.54, 1.807) is 4.90 Å². The molecule has 2 aliphatic carbocycles. The number of carbonyl (C=O) groups excluding carboxylic acids is 1. The van der Waals surface area contributed by atoms with Crippen LogP contribution in [0.25, 0.3) is 0 Å². The third kappa shape index (κ3) is 3.83. The van der Waals surface area contributed by atoms with Crippen LogP contribution in [0.3, 0.4) is 0 Å². The van der Waals surface area contributed by atoms with Gasteiger partial charge in [-0.15, -0.1) is 0 Å². The topological polar surface area (TPSA) is 41.6 Å². The number of amides is 1. The van der Waals surface area contributed by atoms with E-state index in [4.69, 9.17) is 4.74 Å². The molecule has 0 aromatic carbocycles. The van der Waals surface area contributed by atoms with E-state index in [2.05, 4.69) is 11.4 Å². The second-order valence-electron chi connectivity index (χ2n) is 8.20. The highest BCUT2D eigenvalue weighted by Gasteiger charge is 2.39. The second-order valence-corrected chi connectivity index (χ2v) is 8.20. The van der Waals surface area contributed by atoms with Crippen molar-refractivity contribution < 1.29 is 9.53 Å². The monoisotopic (exact) mass is 306 g/mol. The smallest absolute Gasteiger partial charge is 0.410 e. The zero-order valence-electron chi connectivity index (χ0n) is 14.2. The minimum atomic E-state index is -0.412. The number of nitrogens with zero attached hydrogens (tertiary/aromatic N) is 1. The Balaban J connectivity index is 1.42. The highest BCUT2D eigenvalue weighted by Crippen LogP contribution is 2.44. The molecule has 0 saturated heterocycles. The van der Waals surface area contributed by atoms with Gasteiger partial charge in [-0.2, -0.15) is 0 Å². The van der Waals surface area contributed by atoms with Crippen molar-refractivity contribution >= 4 is 6.09 Å². The van der Waals surface area contributed by atoms with Gasteiger partial charge in [0.05, 0.1) is 0 Å². The van der Waals surface area contributed by atoms with Crippen LogP contribution in [0, 0.1) is 11.8 Å². The quantitative estimate of drug-likeness (QED) is 0.813. The van der Waals surface area contributed by atoms with Crippen molar-refractivity contribution in [2.24, 2.45) is 11.8 Å². The highest BCUT2D eigenvalue weighted by molar-refractivity contribution is 5.68. The summed E-state index contributed by atoms with van der Waals surface area (Å²) in [7, 11) is 0. The number of ether oxygens (including phenoxy) is 1. The fraction of sp³-hybridized carbons (Fsp3) is 0.833. The fourth-order valence-corrected chi connectivity index (χ4v) is 4.12. The zero-order chi connectivity index (χ0) is 15.7. The molecule has 3 unspecified atom stereocenters. The van der Waals surface area contributed by atoms with Gasteiger partial charge in [-0.3, -0.25) is 0 Å². The lowest BCUT2D eigenvalue weighted by Crippen LogP contribution is -2.41. The third-order valence-electron chi connectivity index (χ3n) is 5.28. The summed E-state index contributed by atoms with van der Waals surface area (Å²) in [6, 6.07) is 0.739. The highest BCUT2D eigenvalue weighted by atomic mass is 16.6. The van der Waals surface area contributed by atoms with Crippen LogP contribution in [-0.2, 0) is 4.74 Å². The van der Waals surface area contributed by atoms with Crippen LogP contribution in [0.15, 0.2) is 11.6 Å². The van der Waals surface area contributed by atoms with Crippen molar-refractivity contribution in [3.05, 3.63) is 11.6 Å².